The molecule has 17 heteroatoms. The Bertz CT molecular complexity index is 1580. The number of carbonyl (C=O) groups excluding carboxylic acids is 1. The van der Waals surface area contributed by atoms with Crippen LogP contribution in [0.5, 0.6) is 0 Å². The van der Waals surface area contributed by atoms with Crippen LogP contribution in [0.1, 0.15) is 30.4 Å². The summed E-state index contributed by atoms with van der Waals surface area (Å²) in [7, 11) is -6.50. The summed E-state index contributed by atoms with van der Waals surface area (Å²) in [6.07, 6.45) is -13.3. The molecule has 0 aliphatic carbocycles. The van der Waals surface area contributed by atoms with E-state index in [9.17, 15) is 56.8 Å². The fourth-order valence-corrected chi connectivity index (χ4v) is 9.65. The minimum Gasteiger partial charge on any atom is -0.340 e. The highest BCUT2D eigenvalue weighted by atomic mass is 32.2. The van der Waals surface area contributed by atoms with Gasteiger partial charge in [-0.05, 0) is 56.1 Å². The van der Waals surface area contributed by atoms with Crippen molar-refractivity contribution in [3.05, 3.63) is 65.5 Å². The number of benzene rings is 2. The molecular formula is C27H28F8N2O5S2. The van der Waals surface area contributed by atoms with Gasteiger partial charge in [0.2, 0.25) is 5.91 Å². The first-order valence-electron chi connectivity index (χ1n) is 13.2. The number of hydrogen-bond donors (Lipinski definition) is 1. The summed E-state index contributed by atoms with van der Waals surface area (Å²) in [6.45, 7) is -0.780. The maximum atomic E-state index is 14.7. The van der Waals surface area contributed by atoms with Crippen molar-refractivity contribution < 1.29 is 56.8 Å². The standard InChI is InChI=1S/C27H28F8N2O5S2/c1-36-16-23(11-14-43(39,40)15-12-23)22(38)37-13-10-24(17-37,44(41,42)21-8-6-20(28)7-9-21)18-2-4-19(5-3-18)25(29,26(30,31)32)27(33,34)35/h2-9,36H,10-17H2,1H3. The lowest BCUT2D eigenvalue weighted by Gasteiger charge is -2.39. The van der Waals surface area contributed by atoms with Crippen LogP contribution >= 0.6 is 0 Å². The quantitative estimate of drug-likeness (QED) is 0.344. The van der Waals surface area contributed by atoms with Gasteiger partial charge in [0, 0.05) is 25.2 Å². The third-order valence-electron chi connectivity index (χ3n) is 8.50. The second-order valence-electron chi connectivity index (χ2n) is 11.1. The Balaban J connectivity index is 1.82. The van der Waals surface area contributed by atoms with Gasteiger partial charge in [0.15, 0.2) is 9.84 Å². The van der Waals surface area contributed by atoms with Crippen molar-refractivity contribution in [3.8, 4) is 0 Å². The highest BCUT2D eigenvalue weighted by Crippen LogP contribution is 2.54. The number of amides is 1. The van der Waals surface area contributed by atoms with Gasteiger partial charge in [0.1, 0.15) is 20.4 Å². The topological polar surface area (TPSA) is 101 Å². The average Bonchev–Trinajstić information content (AvgIpc) is 3.40. The molecule has 2 aromatic carbocycles. The molecule has 4 rings (SSSR count). The molecule has 1 atom stereocenters. The van der Waals surface area contributed by atoms with Gasteiger partial charge in [-0.1, -0.05) is 24.3 Å². The molecule has 2 aliphatic heterocycles. The van der Waals surface area contributed by atoms with E-state index < -0.39 is 76.6 Å². The van der Waals surface area contributed by atoms with E-state index in [1.807, 2.05) is 0 Å². The van der Waals surface area contributed by atoms with Crippen LogP contribution in [0.3, 0.4) is 0 Å². The SMILES string of the molecule is CNCC1(C(=O)N2CCC(c3ccc(C(F)(C(F)(F)F)C(F)(F)F)cc3)(S(=O)(=O)c3ccc(F)cc3)C2)CCS(=O)(=O)CC1. The van der Waals surface area contributed by atoms with E-state index in [1.54, 1.807) is 7.05 Å². The van der Waals surface area contributed by atoms with Crippen molar-refractivity contribution >= 4 is 25.6 Å². The molecule has 0 spiro atoms. The van der Waals surface area contributed by atoms with Gasteiger partial charge in [-0.25, -0.2) is 25.6 Å². The highest BCUT2D eigenvalue weighted by molar-refractivity contribution is 7.92. The first-order valence-corrected chi connectivity index (χ1v) is 16.5. The van der Waals surface area contributed by atoms with Gasteiger partial charge in [-0.15, -0.1) is 0 Å². The van der Waals surface area contributed by atoms with E-state index in [1.165, 1.54) is 4.90 Å². The Morgan fingerprint density at radius 2 is 1.41 bits per heavy atom. The molecule has 44 heavy (non-hydrogen) atoms. The van der Waals surface area contributed by atoms with Gasteiger partial charge in [-0.2, -0.15) is 26.3 Å². The summed E-state index contributed by atoms with van der Waals surface area (Å²) >= 11 is 0. The predicted molar refractivity (Wildman–Crippen MR) is 142 cm³/mol. The Morgan fingerprint density at radius 3 is 1.89 bits per heavy atom. The first kappa shape index (κ1) is 34.1. The van der Waals surface area contributed by atoms with Crippen LogP contribution in [0.2, 0.25) is 0 Å². The van der Waals surface area contributed by atoms with Gasteiger partial charge in [0.05, 0.1) is 21.8 Å². The largest absolute Gasteiger partial charge is 0.435 e. The summed E-state index contributed by atoms with van der Waals surface area (Å²) in [6, 6.07) is 5.25. The molecule has 2 fully saturated rings. The van der Waals surface area contributed by atoms with Gasteiger partial charge < -0.3 is 10.2 Å². The molecule has 0 aromatic heterocycles. The molecule has 1 N–H and O–H groups in total. The summed E-state index contributed by atoms with van der Waals surface area (Å²) < 4.78 is 159. The van der Waals surface area contributed by atoms with Gasteiger partial charge >= 0.3 is 18.0 Å². The van der Waals surface area contributed by atoms with Crippen molar-refractivity contribution in [1.82, 2.24) is 10.2 Å². The number of likely N-dealkylation sites (tertiary alicyclic amines) is 1. The third-order valence-corrected chi connectivity index (χ3v) is 12.6. The predicted octanol–water partition coefficient (Wildman–Crippen LogP) is 4.43. The molecule has 1 amide bonds. The minimum atomic E-state index is -6.39. The van der Waals surface area contributed by atoms with E-state index in [-0.39, 0.29) is 61.6 Å². The van der Waals surface area contributed by atoms with Crippen LogP contribution in [0.15, 0.2) is 53.4 Å². The van der Waals surface area contributed by atoms with E-state index >= 15 is 0 Å². The number of hydrogen-bond acceptors (Lipinski definition) is 6. The Labute approximate surface area is 248 Å². The van der Waals surface area contributed by atoms with Crippen molar-refractivity contribution in [3.63, 3.8) is 0 Å². The number of alkyl halides is 7. The number of carbonyl (C=O) groups is 1. The lowest BCUT2D eigenvalue weighted by atomic mass is 9.80. The maximum absolute atomic E-state index is 14.7. The zero-order valence-corrected chi connectivity index (χ0v) is 24.7. The van der Waals surface area contributed by atoms with Crippen molar-refractivity contribution in [2.45, 2.75) is 46.9 Å². The van der Waals surface area contributed by atoms with Crippen molar-refractivity contribution in [1.29, 1.82) is 0 Å². The fourth-order valence-electron chi connectivity index (χ4n) is 5.97. The van der Waals surface area contributed by atoms with Crippen LogP contribution in [0.25, 0.3) is 0 Å². The molecule has 2 heterocycles. The van der Waals surface area contributed by atoms with Crippen molar-refractivity contribution in [2.75, 3.05) is 38.2 Å². The number of rotatable bonds is 7. The maximum Gasteiger partial charge on any atom is 0.435 e. The summed E-state index contributed by atoms with van der Waals surface area (Å²) in [4.78, 5) is 14.6. The summed E-state index contributed by atoms with van der Waals surface area (Å²) in [5.74, 6) is -1.95. The number of sulfone groups is 2. The van der Waals surface area contributed by atoms with Crippen LogP contribution < -0.4 is 5.32 Å². The van der Waals surface area contributed by atoms with Crippen LogP contribution in [0, 0.1) is 11.2 Å². The molecule has 2 saturated heterocycles. The van der Waals surface area contributed by atoms with Crippen molar-refractivity contribution in [2.24, 2.45) is 5.41 Å². The number of nitrogens with zero attached hydrogens (tertiary/aromatic N) is 1. The molecule has 0 radical (unpaired) electrons. The highest BCUT2D eigenvalue weighted by Gasteiger charge is 2.73. The number of halogens is 8. The minimum absolute atomic E-state index is 0.0533. The van der Waals surface area contributed by atoms with Gasteiger partial charge in [-0.3, -0.25) is 4.79 Å². The Kier molecular flexibility index (Phi) is 8.70. The molecular weight excluding hydrogens is 648 g/mol. The zero-order chi connectivity index (χ0) is 33.0. The smallest absolute Gasteiger partial charge is 0.340 e. The molecule has 0 bridgehead atoms. The fraction of sp³-hybridized carbons (Fsp3) is 0.519. The molecule has 2 aromatic rings. The Morgan fingerprint density at radius 1 is 0.886 bits per heavy atom. The molecule has 7 nitrogen and oxygen atoms in total. The monoisotopic (exact) mass is 676 g/mol. The van der Waals surface area contributed by atoms with Crippen LogP contribution in [-0.4, -0.2) is 78.2 Å². The van der Waals surface area contributed by atoms with E-state index in [0.717, 1.165) is 24.3 Å². The van der Waals surface area contributed by atoms with E-state index in [4.69, 9.17) is 0 Å². The lowest BCUT2D eigenvalue weighted by Crippen LogP contribution is -2.52. The lowest BCUT2D eigenvalue weighted by molar-refractivity contribution is -0.348. The zero-order valence-electron chi connectivity index (χ0n) is 23.1. The molecule has 244 valence electrons. The Hall–Kier alpha value is -2.79. The van der Waals surface area contributed by atoms with E-state index in [0.29, 0.717) is 12.1 Å². The summed E-state index contributed by atoms with van der Waals surface area (Å²) in [5, 5.41) is 2.85. The number of nitrogens with one attached hydrogen (secondary N) is 1. The second-order valence-corrected chi connectivity index (χ2v) is 15.7. The van der Waals surface area contributed by atoms with Crippen LogP contribution in [-0.2, 0) is 34.9 Å². The van der Waals surface area contributed by atoms with E-state index in [2.05, 4.69) is 5.32 Å². The molecule has 0 saturated carbocycles. The second kappa shape index (κ2) is 11.2. The molecule has 2 aliphatic rings. The normalized spacial score (nSPS) is 22.6. The summed E-state index contributed by atoms with van der Waals surface area (Å²) in [5.41, 5.74) is -9.12. The third kappa shape index (κ3) is 5.59. The average molecular weight is 677 g/mol. The first-order chi connectivity index (χ1) is 20.2. The van der Waals surface area contributed by atoms with Gasteiger partial charge in [0.25, 0.3) is 0 Å². The molecule has 1 unspecified atom stereocenters. The van der Waals surface area contributed by atoms with Crippen LogP contribution in [0.4, 0.5) is 35.1 Å².